The summed E-state index contributed by atoms with van der Waals surface area (Å²) in [5, 5.41) is 0.197. The van der Waals surface area contributed by atoms with Crippen molar-refractivity contribution in [3.63, 3.8) is 0 Å². The van der Waals surface area contributed by atoms with Gasteiger partial charge >= 0.3 is 0 Å². The summed E-state index contributed by atoms with van der Waals surface area (Å²) in [5.41, 5.74) is 0. The molecule has 0 saturated heterocycles. The fraction of sp³-hybridized carbons (Fsp3) is 0.778. The highest BCUT2D eigenvalue weighted by Crippen LogP contribution is 2.41. The molecule has 0 aliphatic rings. The van der Waals surface area contributed by atoms with Crippen LogP contribution in [-0.4, -0.2) is 6.71 Å². The van der Waals surface area contributed by atoms with E-state index in [9.17, 15) is 0 Å². The molecule has 0 spiro atoms. The zero-order valence-electron chi connectivity index (χ0n) is 14.5. The number of allylic oxidation sites excluding steroid dienone is 2. The third-order valence-electron chi connectivity index (χ3n) is 4.54. The number of hydrogen-bond acceptors (Lipinski definition) is 0. The van der Waals surface area contributed by atoms with Crippen molar-refractivity contribution in [3.05, 3.63) is 23.1 Å². The maximum Gasteiger partial charge on any atom is 0.221 e. The molecule has 20 heavy (non-hydrogen) atoms. The predicted octanol–water partition coefficient (Wildman–Crippen LogP) is 7.06. The zero-order chi connectivity index (χ0) is 15.6. The average molecular weight is 297 g/mol. The van der Waals surface area contributed by atoms with Gasteiger partial charge in [0.05, 0.1) is 0 Å². The topological polar surface area (TPSA) is 0 Å². The second kappa shape index (κ2) is 10.5. The lowest BCUT2D eigenvalue weighted by atomic mass is 9.31. The van der Waals surface area contributed by atoms with Crippen molar-refractivity contribution >= 4 is 18.3 Å². The molecule has 116 valence electrons. The van der Waals surface area contributed by atoms with E-state index >= 15 is 0 Å². The zero-order valence-corrected chi connectivity index (χ0v) is 15.3. The van der Waals surface area contributed by atoms with Gasteiger partial charge < -0.3 is 0 Å². The number of halogens is 1. The van der Waals surface area contributed by atoms with Gasteiger partial charge in [-0.15, -0.1) is 5.98 Å². The number of rotatable bonds is 10. The first kappa shape index (κ1) is 19.8. The summed E-state index contributed by atoms with van der Waals surface area (Å²) in [7, 11) is 0. The van der Waals surface area contributed by atoms with Crippen molar-refractivity contribution in [1.82, 2.24) is 0 Å². The van der Waals surface area contributed by atoms with Crippen LogP contribution in [-0.2, 0) is 0 Å². The summed E-state index contributed by atoms with van der Waals surface area (Å²) in [4.78, 5) is 1.03. The highest BCUT2D eigenvalue weighted by molar-refractivity contribution is 6.83. The monoisotopic (exact) mass is 296 g/mol. The molecule has 0 atom stereocenters. The van der Waals surface area contributed by atoms with Gasteiger partial charge in [0.15, 0.2) is 0 Å². The van der Waals surface area contributed by atoms with Crippen LogP contribution < -0.4 is 0 Å². The van der Waals surface area contributed by atoms with E-state index < -0.39 is 0 Å². The Morgan fingerprint density at radius 3 is 2.15 bits per heavy atom. The molecule has 0 aliphatic carbocycles. The molecule has 0 aliphatic heterocycles. The molecular weight excluding hydrogens is 262 g/mol. The van der Waals surface area contributed by atoms with Gasteiger partial charge in [0.2, 0.25) is 6.71 Å². The van der Waals surface area contributed by atoms with Gasteiger partial charge in [0.25, 0.3) is 0 Å². The van der Waals surface area contributed by atoms with Crippen LogP contribution in [0, 0.1) is 5.92 Å². The van der Waals surface area contributed by atoms with Crippen LogP contribution in [0.4, 0.5) is 0 Å². The number of hydrogen-bond donors (Lipinski definition) is 0. The van der Waals surface area contributed by atoms with Crippen LogP contribution in [0.25, 0.3) is 0 Å². The predicted molar refractivity (Wildman–Crippen MR) is 96.8 cm³/mol. The molecular formula is C18H34BCl. The molecule has 0 nitrogen and oxygen atoms in total. The van der Waals surface area contributed by atoms with E-state index in [1.807, 2.05) is 0 Å². The second-order valence-corrected chi connectivity index (χ2v) is 7.19. The van der Waals surface area contributed by atoms with Gasteiger partial charge in [0, 0.05) is 0 Å². The van der Waals surface area contributed by atoms with Crippen molar-refractivity contribution in [1.29, 1.82) is 0 Å². The Kier molecular flexibility index (Phi) is 10.5. The van der Waals surface area contributed by atoms with E-state index in [0.29, 0.717) is 12.6 Å². The van der Waals surface area contributed by atoms with Gasteiger partial charge in [-0.05, 0) is 29.0 Å². The van der Waals surface area contributed by atoms with Gasteiger partial charge in [-0.25, -0.2) is 0 Å². The van der Waals surface area contributed by atoms with Crippen molar-refractivity contribution < 1.29 is 0 Å². The Labute approximate surface area is 133 Å². The lowest BCUT2D eigenvalue weighted by Crippen LogP contribution is -2.31. The molecule has 0 bridgehead atoms. The Balaban J connectivity index is 4.96. The quantitative estimate of drug-likeness (QED) is 0.299. The standard InChI is InChI=1S/C18H34BCl/c1-7-9-11-13-15-19(18(5,6)16(3)4)17(20)14-12-10-8-2/h13-16H,7-12H2,1-6H3/b15-13+,17-14-. The molecule has 0 N–H and O–H groups in total. The van der Waals surface area contributed by atoms with Crippen LogP contribution in [0.2, 0.25) is 5.31 Å². The van der Waals surface area contributed by atoms with Crippen molar-refractivity contribution in [2.45, 2.75) is 85.4 Å². The molecule has 0 aromatic carbocycles. The van der Waals surface area contributed by atoms with Crippen molar-refractivity contribution in [2.24, 2.45) is 5.92 Å². The van der Waals surface area contributed by atoms with E-state index in [-0.39, 0.29) is 5.31 Å². The summed E-state index contributed by atoms with van der Waals surface area (Å²) in [5.74, 6) is 2.96. The number of unbranched alkanes of at least 4 members (excludes halogenated alkanes) is 4. The maximum absolute atomic E-state index is 6.63. The molecule has 2 heteroatoms. The summed E-state index contributed by atoms with van der Waals surface area (Å²) < 4.78 is 0. The van der Waals surface area contributed by atoms with E-state index in [1.54, 1.807) is 0 Å². The molecule has 0 fully saturated rings. The maximum atomic E-state index is 6.63. The Hall–Kier alpha value is -0.165. The smallest absolute Gasteiger partial charge is 0.113 e. The first-order chi connectivity index (χ1) is 9.37. The molecule has 0 aromatic rings. The van der Waals surface area contributed by atoms with Crippen LogP contribution in [0.3, 0.4) is 0 Å². The molecule has 0 amide bonds. The minimum absolute atomic E-state index is 0.197. The normalized spacial score (nSPS) is 13.5. The first-order valence-electron chi connectivity index (χ1n) is 8.40. The third-order valence-corrected chi connectivity index (χ3v) is 4.93. The van der Waals surface area contributed by atoms with Crippen molar-refractivity contribution in [2.75, 3.05) is 0 Å². The summed E-state index contributed by atoms with van der Waals surface area (Å²) in [6.45, 7) is 14.1. The first-order valence-corrected chi connectivity index (χ1v) is 8.77. The van der Waals surface area contributed by atoms with E-state index in [2.05, 4.69) is 59.7 Å². The van der Waals surface area contributed by atoms with E-state index in [1.165, 1.54) is 32.1 Å². The largest absolute Gasteiger partial charge is 0.221 e. The fourth-order valence-corrected chi connectivity index (χ4v) is 2.64. The molecule has 0 aromatic heterocycles. The summed E-state index contributed by atoms with van der Waals surface area (Å²) >= 11 is 6.63. The molecule has 0 radical (unpaired) electrons. The Morgan fingerprint density at radius 1 is 1.10 bits per heavy atom. The van der Waals surface area contributed by atoms with Crippen LogP contribution in [0.15, 0.2) is 23.1 Å². The highest BCUT2D eigenvalue weighted by Gasteiger charge is 2.35. The highest BCUT2D eigenvalue weighted by atomic mass is 35.5. The second-order valence-electron chi connectivity index (χ2n) is 6.76. The molecule has 0 rings (SSSR count). The molecule has 0 heterocycles. The van der Waals surface area contributed by atoms with Gasteiger partial charge in [0.1, 0.15) is 0 Å². The summed E-state index contributed by atoms with van der Waals surface area (Å²) in [6, 6.07) is 0. The van der Waals surface area contributed by atoms with Gasteiger partial charge in [-0.2, -0.15) is 0 Å². The van der Waals surface area contributed by atoms with Crippen molar-refractivity contribution in [3.8, 4) is 0 Å². The van der Waals surface area contributed by atoms with Crippen LogP contribution in [0.5, 0.6) is 0 Å². The van der Waals surface area contributed by atoms with E-state index in [0.717, 1.165) is 11.4 Å². The minimum Gasteiger partial charge on any atom is -0.113 e. The fourth-order valence-electron chi connectivity index (χ4n) is 2.18. The lowest BCUT2D eigenvalue weighted by molar-refractivity contribution is 0.471. The SMILES string of the molecule is CCCC/C=C(\Cl)B(/C=C/CCCC)C(C)(C)C(C)C. The van der Waals surface area contributed by atoms with Gasteiger partial charge in [-0.1, -0.05) is 91.0 Å². The minimum atomic E-state index is 0.197. The lowest BCUT2D eigenvalue weighted by Gasteiger charge is -2.34. The summed E-state index contributed by atoms with van der Waals surface area (Å²) in [6.07, 6.45) is 11.8. The molecule has 0 unspecified atom stereocenters. The van der Waals surface area contributed by atoms with Crippen LogP contribution in [0.1, 0.15) is 80.1 Å². The third kappa shape index (κ3) is 7.02. The van der Waals surface area contributed by atoms with Gasteiger partial charge in [-0.3, -0.25) is 0 Å². The Morgan fingerprint density at radius 2 is 1.65 bits per heavy atom. The Bertz CT molecular complexity index is 303. The average Bonchev–Trinajstić information content (AvgIpc) is 2.38. The van der Waals surface area contributed by atoms with Crippen LogP contribution >= 0.6 is 11.6 Å². The molecule has 0 saturated carbocycles. The van der Waals surface area contributed by atoms with E-state index in [4.69, 9.17) is 11.6 Å².